The van der Waals surface area contributed by atoms with E-state index in [4.69, 9.17) is 5.73 Å². The van der Waals surface area contributed by atoms with E-state index < -0.39 is 23.4 Å². The van der Waals surface area contributed by atoms with E-state index in [1.807, 2.05) is 0 Å². The van der Waals surface area contributed by atoms with Gasteiger partial charge in [-0.1, -0.05) is 12.1 Å². The van der Waals surface area contributed by atoms with Gasteiger partial charge in [-0.2, -0.15) is 0 Å². The Kier molecular flexibility index (Phi) is 2.94. The quantitative estimate of drug-likeness (QED) is 0.681. The van der Waals surface area contributed by atoms with Gasteiger partial charge in [0.1, 0.15) is 0 Å². The molecular formula is C15H10F2N2O2. The smallest absolute Gasteiger partial charge is 0.261 e. The van der Waals surface area contributed by atoms with Crippen LogP contribution in [0.5, 0.6) is 0 Å². The maximum Gasteiger partial charge on any atom is 0.261 e. The van der Waals surface area contributed by atoms with Gasteiger partial charge < -0.3 is 5.73 Å². The fourth-order valence-corrected chi connectivity index (χ4v) is 2.29. The minimum absolute atomic E-state index is 0.0579. The van der Waals surface area contributed by atoms with Crippen LogP contribution in [-0.4, -0.2) is 16.7 Å². The van der Waals surface area contributed by atoms with E-state index in [-0.39, 0.29) is 23.2 Å². The van der Waals surface area contributed by atoms with E-state index in [1.54, 1.807) is 0 Å². The minimum Gasteiger partial charge on any atom is -0.399 e. The topological polar surface area (TPSA) is 63.4 Å². The predicted octanol–water partition coefficient (Wildman–Crippen LogP) is 2.34. The highest BCUT2D eigenvalue weighted by atomic mass is 19.2. The molecule has 0 saturated carbocycles. The highest BCUT2D eigenvalue weighted by Crippen LogP contribution is 2.27. The van der Waals surface area contributed by atoms with Gasteiger partial charge in [0.2, 0.25) is 0 Å². The highest BCUT2D eigenvalue weighted by molar-refractivity contribution is 6.21. The van der Waals surface area contributed by atoms with Gasteiger partial charge in [0, 0.05) is 11.3 Å². The van der Waals surface area contributed by atoms with Crippen LogP contribution >= 0.6 is 0 Å². The normalized spacial score (nSPS) is 13.7. The summed E-state index contributed by atoms with van der Waals surface area (Å²) in [4.78, 5) is 25.2. The zero-order chi connectivity index (χ0) is 15.1. The third kappa shape index (κ3) is 2.05. The molecule has 0 bridgehead atoms. The van der Waals surface area contributed by atoms with Crippen molar-refractivity contribution in [2.45, 2.75) is 6.54 Å². The third-order valence-corrected chi connectivity index (χ3v) is 3.35. The fraction of sp³-hybridized carbons (Fsp3) is 0.0667. The van der Waals surface area contributed by atoms with Crippen LogP contribution in [0.3, 0.4) is 0 Å². The van der Waals surface area contributed by atoms with Gasteiger partial charge in [0.05, 0.1) is 17.7 Å². The zero-order valence-corrected chi connectivity index (χ0v) is 10.8. The van der Waals surface area contributed by atoms with Crippen molar-refractivity contribution >= 4 is 17.5 Å². The molecule has 2 aromatic rings. The van der Waals surface area contributed by atoms with Gasteiger partial charge in [0.25, 0.3) is 11.8 Å². The van der Waals surface area contributed by atoms with E-state index in [2.05, 4.69) is 0 Å². The molecule has 1 aliphatic heterocycles. The second-order valence-corrected chi connectivity index (χ2v) is 4.71. The summed E-state index contributed by atoms with van der Waals surface area (Å²) in [6.45, 7) is -0.324. The van der Waals surface area contributed by atoms with E-state index in [1.165, 1.54) is 30.3 Å². The molecule has 0 spiro atoms. The molecule has 0 unspecified atom stereocenters. The SMILES string of the molecule is Nc1ccc2c(c1)C(=O)N(Cc1cccc(F)c1F)C2=O. The second kappa shape index (κ2) is 4.66. The molecule has 3 rings (SSSR count). The number of hydrogen-bond donors (Lipinski definition) is 1. The largest absolute Gasteiger partial charge is 0.399 e. The van der Waals surface area contributed by atoms with E-state index in [0.717, 1.165) is 11.0 Å². The number of nitrogen functional groups attached to an aromatic ring is 1. The van der Waals surface area contributed by atoms with Crippen LogP contribution < -0.4 is 5.73 Å². The summed E-state index contributed by atoms with van der Waals surface area (Å²) in [7, 11) is 0. The Morgan fingerprint density at radius 2 is 1.71 bits per heavy atom. The average Bonchev–Trinajstić information content (AvgIpc) is 2.68. The lowest BCUT2D eigenvalue weighted by Gasteiger charge is -2.14. The number of carbonyl (C=O) groups is 2. The van der Waals surface area contributed by atoms with Crippen LogP contribution in [0.4, 0.5) is 14.5 Å². The Hall–Kier alpha value is -2.76. The Bertz CT molecular complexity index is 774. The summed E-state index contributed by atoms with van der Waals surface area (Å²) in [5.41, 5.74) is 6.28. The van der Waals surface area contributed by atoms with Crippen molar-refractivity contribution in [3.05, 3.63) is 64.7 Å². The maximum atomic E-state index is 13.7. The lowest BCUT2D eigenvalue weighted by atomic mass is 10.1. The number of anilines is 1. The maximum absolute atomic E-state index is 13.7. The Morgan fingerprint density at radius 1 is 1.00 bits per heavy atom. The average molecular weight is 288 g/mol. The molecular weight excluding hydrogens is 278 g/mol. The molecule has 0 fully saturated rings. The number of carbonyl (C=O) groups excluding carboxylic acids is 2. The molecule has 6 heteroatoms. The minimum atomic E-state index is -1.06. The first kappa shape index (κ1) is 13.2. The molecule has 1 heterocycles. The first-order valence-corrected chi connectivity index (χ1v) is 6.17. The summed E-state index contributed by atoms with van der Waals surface area (Å²) in [5, 5.41) is 0. The number of benzene rings is 2. The van der Waals surface area contributed by atoms with Crippen LogP contribution in [0.25, 0.3) is 0 Å². The van der Waals surface area contributed by atoms with Gasteiger partial charge in [-0.3, -0.25) is 14.5 Å². The molecule has 1 aliphatic rings. The van der Waals surface area contributed by atoms with Gasteiger partial charge >= 0.3 is 0 Å². The number of imide groups is 1. The van der Waals surface area contributed by atoms with Crippen molar-refractivity contribution in [2.75, 3.05) is 5.73 Å². The molecule has 0 radical (unpaired) electrons. The number of nitrogens with zero attached hydrogens (tertiary/aromatic N) is 1. The summed E-state index contributed by atoms with van der Waals surface area (Å²) in [6, 6.07) is 7.99. The number of nitrogens with two attached hydrogens (primary N) is 1. The van der Waals surface area contributed by atoms with Crippen molar-refractivity contribution in [3.8, 4) is 0 Å². The summed E-state index contributed by atoms with van der Waals surface area (Å²) in [6.07, 6.45) is 0. The van der Waals surface area contributed by atoms with Crippen molar-refractivity contribution in [3.63, 3.8) is 0 Å². The predicted molar refractivity (Wildman–Crippen MR) is 71.4 cm³/mol. The van der Waals surface area contributed by atoms with E-state index in [0.29, 0.717) is 5.69 Å². The van der Waals surface area contributed by atoms with Crippen molar-refractivity contribution < 1.29 is 18.4 Å². The molecule has 0 aromatic heterocycles. The first-order valence-electron chi connectivity index (χ1n) is 6.17. The fourth-order valence-electron chi connectivity index (χ4n) is 2.29. The van der Waals surface area contributed by atoms with E-state index in [9.17, 15) is 18.4 Å². The number of halogens is 2. The number of rotatable bonds is 2. The van der Waals surface area contributed by atoms with Crippen molar-refractivity contribution in [2.24, 2.45) is 0 Å². The molecule has 2 amide bonds. The standard InChI is InChI=1S/C15H10F2N2O2/c16-12-3-1-2-8(13(12)17)7-19-14(20)10-5-4-9(18)6-11(10)15(19)21/h1-6H,7,18H2. The first-order chi connectivity index (χ1) is 9.99. The van der Waals surface area contributed by atoms with E-state index >= 15 is 0 Å². The van der Waals surface area contributed by atoms with Crippen molar-refractivity contribution in [1.82, 2.24) is 4.90 Å². The van der Waals surface area contributed by atoms with Crippen LogP contribution in [-0.2, 0) is 6.54 Å². The molecule has 4 nitrogen and oxygen atoms in total. The van der Waals surface area contributed by atoms with Gasteiger partial charge in [-0.05, 0) is 24.3 Å². The van der Waals surface area contributed by atoms with Crippen molar-refractivity contribution in [1.29, 1.82) is 0 Å². The molecule has 2 N–H and O–H groups in total. The number of amides is 2. The second-order valence-electron chi connectivity index (χ2n) is 4.71. The lowest BCUT2D eigenvalue weighted by Crippen LogP contribution is -2.29. The highest BCUT2D eigenvalue weighted by Gasteiger charge is 2.36. The van der Waals surface area contributed by atoms with Gasteiger partial charge in [-0.15, -0.1) is 0 Å². The molecule has 0 atom stereocenters. The van der Waals surface area contributed by atoms with Crippen LogP contribution in [0.15, 0.2) is 36.4 Å². The van der Waals surface area contributed by atoms with Crippen LogP contribution in [0.2, 0.25) is 0 Å². The molecule has 106 valence electrons. The Balaban J connectivity index is 1.97. The van der Waals surface area contributed by atoms with Crippen LogP contribution in [0, 0.1) is 11.6 Å². The van der Waals surface area contributed by atoms with Gasteiger partial charge in [-0.25, -0.2) is 8.78 Å². The summed E-state index contributed by atoms with van der Waals surface area (Å²) < 4.78 is 26.8. The molecule has 0 aliphatic carbocycles. The van der Waals surface area contributed by atoms with Gasteiger partial charge in [0.15, 0.2) is 11.6 Å². The number of fused-ring (bicyclic) bond motifs is 1. The summed E-state index contributed by atoms with van der Waals surface area (Å²) >= 11 is 0. The number of hydrogen-bond acceptors (Lipinski definition) is 3. The molecule has 21 heavy (non-hydrogen) atoms. The Morgan fingerprint density at radius 3 is 2.48 bits per heavy atom. The lowest BCUT2D eigenvalue weighted by molar-refractivity contribution is 0.0640. The third-order valence-electron chi connectivity index (χ3n) is 3.35. The monoisotopic (exact) mass is 288 g/mol. The van der Waals surface area contributed by atoms with Crippen LogP contribution in [0.1, 0.15) is 26.3 Å². The molecule has 0 saturated heterocycles. The summed E-state index contributed by atoms with van der Waals surface area (Å²) in [5.74, 6) is -3.19. The Labute approximate surface area is 118 Å². The zero-order valence-electron chi connectivity index (χ0n) is 10.8. The molecule has 2 aromatic carbocycles.